The first-order valence-electron chi connectivity index (χ1n) is 8.93. The van der Waals surface area contributed by atoms with E-state index in [1.165, 1.54) is 5.56 Å². The summed E-state index contributed by atoms with van der Waals surface area (Å²) in [6.45, 7) is 4.12. The van der Waals surface area contributed by atoms with E-state index in [4.69, 9.17) is 23.8 Å². The molecule has 12 heteroatoms. The van der Waals surface area contributed by atoms with Crippen molar-refractivity contribution >= 4 is 11.9 Å². The van der Waals surface area contributed by atoms with E-state index in [0.717, 1.165) is 12.1 Å². The van der Waals surface area contributed by atoms with Crippen molar-refractivity contribution in [3.63, 3.8) is 0 Å². The van der Waals surface area contributed by atoms with Crippen molar-refractivity contribution in [1.29, 1.82) is 0 Å². The molecule has 1 amide bonds. The summed E-state index contributed by atoms with van der Waals surface area (Å²) in [5.74, 6) is -1.98. The first-order chi connectivity index (χ1) is 14.1. The van der Waals surface area contributed by atoms with Gasteiger partial charge in [-0.05, 0) is 31.0 Å². The lowest BCUT2D eigenvalue weighted by Crippen LogP contribution is -2.31. The van der Waals surface area contributed by atoms with E-state index in [9.17, 15) is 18.0 Å². The number of methoxy groups -OCH3 is 1. The van der Waals surface area contributed by atoms with Crippen LogP contribution in [0.3, 0.4) is 0 Å². The summed E-state index contributed by atoms with van der Waals surface area (Å²) >= 11 is 0. The Morgan fingerprint density at radius 2 is 2.10 bits per heavy atom. The molecular weight excluding hydrogens is 411 g/mol. The Hall–Kier alpha value is -2.86. The van der Waals surface area contributed by atoms with E-state index in [2.05, 4.69) is 10.4 Å². The molecular formula is C18H22F3N3O6. The molecule has 30 heavy (non-hydrogen) atoms. The predicted octanol–water partition coefficient (Wildman–Crippen LogP) is 2.11. The smallest absolute Gasteiger partial charge is 0.475 e. The number of ether oxygens (including phenoxy) is 2. The number of fused-ring (bicyclic) bond motifs is 1. The number of alkyl halides is 3. The van der Waals surface area contributed by atoms with E-state index >= 15 is 0 Å². The van der Waals surface area contributed by atoms with Crippen molar-refractivity contribution < 1.29 is 41.8 Å². The largest absolute Gasteiger partial charge is 0.490 e. The number of furan rings is 1. The minimum Gasteiger partial charge on any atom is -0.475 e. The highest BCUT2D eigenvalue weighted by molar-refractivity contribution is 5.91. The van der Waals surface area contributed by atoms with E-state index < -0.39 is 12.1 Å². The number of carbonyl (C=O) groups excluding carboxylic acids is 1. The molecule has 9 nitrogen and oxygen atoms in total. The highest BCUT2D eigenvalue weighted by Gasteiger charge is 2.38. The molecule has 0 bridgehead atoms. The van der Waals surface area contributed by atoms with Crippen LogP contribution in [0.4, 0.5) is 13.2 Å². The van der Waals surface area contributed by atoms with Crippen LogP contribution in [0.2, 0.25) is 0 Å². The van der Waals surface area contributed by atoms with Gasteiger partial charge in [0.25, 0.3) is 5.91 Å². The van der Waals surface area contributed by atoms with Crippen LogP contribution in [0.15, 0.2) is 22.7 Å². The van der Waals surface area contributed by atoms with Crippen molar-refractivity contribution in [2.45, 2.75) is 32.2 Å². The Bertz CT molecular complexity index is 862. The Balaban J connectivity index is 0.000000396. The molecule has 1 atom stereocenters. The second kappa shape index (κ2) is 10.3. The van der Waals surface area contributed by atoms with Crippen molar-refractivity contribution in [3.05, 3.63) is 41.1 Å². The molecule has 2 aromatic heterocycles. The number of nitrogens with one attached hydrogen (secondary N) is 1. The molecule has 2 N–H and O–H groups in total. The molecule has 0 aromatic carbocycles. The zero-order chi connectivity index (χ0) is 22.3. The number of halogens is 3. The van der Waals surface area contributed by atoms with E-state index in [1.807, 2.05) is 10.9 Å². The molecule has 0 aliphatic carbocycles. The van der Waals surface area contributed by atoms with Gasteiger partial charge in [-0.25, -0.2) is 4.79 Å². The number of amides is 1. The molecule has 1 aliphatic heterocycles. The first kappa shape index (κ1) is 23.4. The molecule has 1 aliphatic rings. The molecule has 0 radical (unpaired) electrons. The van der Waals surface area contributed by atoms with Gasteiger partial charge in [0.2, 0.25) is 0 Å². The summed E-state index contributed by atoms with van der Waals surface area (Å²) in [5, 5.41) is 14.5. The first-order valence-corrected chi connectivity index (χ1v) is 8.93. The summed E-state index contributed by atoms with van der Waals surface area (Å²) in [6.07, 6.45) is -2.45. The zero-order valence-electron chi connectivity index (χ0n) is 16.4. The number of carboxylic acids is 1. The third kappa shape index (κ3) is 6.59. The normalized spacial score (nSPS) is 15.7. The SMILES string of the molecule is COCCn1cc2c(n1)C(CNC(=O)c1ccc(C)o1)OCC2.O=C(O)C(F)(F)F. The van der Waals surface area contributed by atoms with Gasteiger partial charge in [-0.2, -0.15) is 18.3 Å². The lowest BCUT2D eigenvalue weighted by atomic mass is 10.1. The highest BCUT2D eigenvalue weighted by Crippen LogP contribution is 2.25. The molecule has 166 valence electrons. The van der Waals surface area contributed by atoms with Crippen molar-refractivity contribution in [1.82, 2.24) is 15.1 Å². The Labute approximate surface area is 169 Å². The third-order valence-electron chi connectivity index (χ3n) is 4.04. The van der Waals surface area contributed by atoms with Gasteiger partial charge < -0.3 is 24.3 Å². The molecule has 3 heterocycles. The van der Waals surface area contributed by atoms with Gasteiger partial charge in [-0.1, -0.05) is 0 Å². The standard InChI is InChI=1S/C16H21N3O4.C2HF3O2/c1-11-3-4-13(23-11)16(20)17-9-14-15-12(5-7-22-14)10-19(18-15)6-8-21-2;3-2(4,5)1(6)7/h3-4,10,14H,5-9H2,1-2H3,(H,17,20);(H,6,7). The summed E-state index contributed by atoms with van der Waals surface area (Å²) in [5.41, 5.74) is 2.06. The fourth-order valence-electron chi connectivity index (χ4n) is 2.62. The maximum atomic E-state index is 12.1. The molecule has 1 unspecified atom stereocenters. The molecule has 0 saturated carbocycles. The fourth-order valence-corrected chi connectivity index (χ4v) is 2.62. The highest BCUT2D eigenvalue weighted by atomic mass is 19.4. The number of aryl methyl sites for hydroxylation is 1. The van der Waals surface area contributed by atoms with Crippen LogP contribution in [0, 0.1) is 6.92 Å². The van der Waals surface area contributed by atoms with Crippen molar-refractivity contribution in [2.75, 3.05) is 26.9 Å². The lowest BCUT2D eigenvalue weighted by molar-refractivity contribution is -0.192. The molecule has 0 spiro atoms. The van der Waals surface area contributed by atoms with Gasteiger partial charge in [0.05, 0.1) is 25.5 Å². The van der Waals surface area contributed by atoms with Crippen LogP contribution in [0.25, 0.3) is 0 Å². The monoisotopic (exact) mass is 433 g/mol. The minimum atomic E-state index is -5.08. The average Bonchev–Trinajstić information content (AvgIpc) is 3.30. The van der Waals surface area contributed by atoms with Gasteiger partial charge in [-0.3, -0.25) is 9.48 Å². The fraction of sp³-hybridized carbons (Fsp3) is 0.500. The second-order valence-electron chi connectivity index (χ2n) is 6.33. The number of aromatic nitrogens is 2. The van der Waals surface area contributed by atoms with E-state index in [1.54, 1.807) is 26.2 Å². The number of aliphatic carboxylic acids is 1. The maximum Gasteiger partial charge on any atom is 0.490 e. The number of nitrogens with zero attached hydrogens (tertiary/aromatic N) is 2. The summed E-state index contributed by atoms with van der Waals surface area (Å²) in [4.78, 5) is 21.0. The molecule has 2 aromatic rings. The van der Waals surface area contributed by atoms with Crippen LogP contribution in [0.5, 0.6) is 0 Å². The topological polar surface area (TPSA) is 116 Å². The number of rotatable bonds is 6. The zero-order valence-corrected chi connectivity index (χ0v) is 16.4. The van der Waals surface area contributed by atoms with Gasteiger partial charge in [-0.15, -0.1) is 0 Å². The Morgan fingerprint density at radius 1 is 1.40 bits per heavy atom. The third-order valence-corrected chi connectivity index (χ3v) is 4.04. The maximum absolute atomic E-state index is 12.1. The second-order valence-corrected chi connectivity index (χ2v) is 6.33. The number of hydrogen-bond donors (Lipinski definition) is 2. The van der Waals surface area contributed by atoms with Gasteiger partial charge in [0, 0.05) is 19.9 Å². The summed E-state index contributed by atoms with van der Waals surface area (Å²) in [6, 6.07) is 3.43. The van der Waals surface area contributed by atoms with Gasteiger partial charge in [0.15, 0.2) is 5.76 Å². The summed E-state index contributed by atoms with van der Waals surface area (Å²) < 4.78 is 49.8. The minimum absolute atomic E-state index is 0.234. The van der Waals surface area contributed by atoms with Gasteiger partial charge in [0.1, 0.15) is 11.9 Å². The molecule has 0 fully saturated rings. The van der Waals surface area contributed by atoms with Crippen LogP contribution in [-0.4, -0.2) is 59.8 Å². The molecule has 0 saturated heterocycles. The Morgan fingerprint density at radius 3 is 2.67 bits per heavy atom. The van der Waals surface area contributed by atoms with Gasteiger partial charge >= 0.3 is 12.1 Å². The number of carboxylic acid groups (broad SMARTS) is 1. The lowest BCUT2D eigenvalue weighted by Gasteiger charge is -2.22. The van der Waals surface area contributed by atoms with Crippen molar-refractivity contribution in [2.24, 2.45) is 0 Å². The number of hydrogen-bond acceptors (Lipinski definition) is 6. The van der Waals surface area contributed by atoms with Crippen LogP contribution in [0.1, 0.15) is 33.7 Å². The summed E-state index contributed by atoms with van der Waals surface area (Å²) in [7, 11) is 1.67. The van der Waals surface area contributed by atoms with E-state index in [-0.39, 0.29) is 12.0 Å². The van der Waals surface area contributed by atoms with Crippen molar-refractivity contribution in [3.8, 4) is 0 Å². The van der Waals surface area contributed by atoms with Crippen LogP contribution >= 0.6 is 0 Å². The predicted molar refractivity (Wildman–Crippen MR) is 96.0 cm³/mol. The van der Waals surface area contributed by atoms with Crippen LogP contribution < -0.4 is 5.32 Å². The van der Waals surface area contributed by atoms with E-state index in [0.29, 0.717) is 37.8 Å². The average molecular weight is 433 g/mol. The molecule has 3 rings (SSSR count). The number of carbonyl (C=O) groups is 2. The quantitative estimate of drug-likeness (QED) is 0.717. The Kier molecular flexibility index (Phi) is 8.00. The van der Waals surface area contributed by atoms with Crippen LogP contribution in [-0.2, 0) is 27.2 Å².